The van der Waals surface area contributed by atoms with Gasteiger partial charge in [0.25, 0.3) is 5.91 Å². The SMILES string of the molecule is C[C@@H](OC(=O)/C=C/c1ccc(F)c(Cl)c1)C(=O)NCc1ccc(F)cc1. The number of benzene rings is 2. The van der Waals surface area contributed by atoms with Crippen molar-refractivity contribution in [3.05, 3.63) is 76.3 Å². The maximum Gasteiger partial charge on any atom is 0.331 e. The number of halogens is 3. The molecule has 2 aromatic carbocycles. The molecule has 0 unspecified atom stereocenters. The molecule has 1 atom stereocenters. The molecule has 1 N–H and O–H groups in total. The second-order valence-electron chi connectivity index (χ2n) is 5.43. The molecule has 0 saturated carbocycles. The summed E-state index contributed by atoms with van der Waals surface area (Å²) in [6.07, 6.45) is 1.51. The van der Waals surface area contributed by atoms with Crippen molar-refractivity contribution >= 4 is 29.6 Å². The summed E-state index contributed by atoms with van der Waals surface area (Å²) in [7, 11) is 0. The Morgan fingerprint density at radius 1 is 1.19 bits per heavy atom. The van der Waals surface area contributed by atoms with Crippen LogP contribution in [0.3, 0.4) is 0 Å². The molecule has 0 fully saturated rings. The third-order valence-electron chi connectivity index (χ3n) is 3.40. The molecule has 0 saturated heterocycles. The Balaban J connectivity index is 1.83. The van der Waals surface area contributed by atoms with Crippen LogP contribution in [0.2, 0.25) is 5.02 Å². The van der Waals surface area contributed by atoms with Gasteiger partial charge in [0.05, 0.1) is 5.02 Å². The van der Waals surface area contributed by atoms with Gasteiger partial charge in [-0.05, 0) is 48.4 Å². The fourth-order valence-corrected chi connectivity index (χ4v) is 2.17. The van der Waals surface area contributed by atoms with E-state index in [0.717, 1.165) is 6.08 Å². The minimum Gasteiger partial charge on any atom is -0.449 e. The molecule has 4 nitrogen and oxygen atoms in total. The zero-order chi connectivity index (χ0) is 19.1. The van der Waals surface area contributed by atoms with E-state index in [1.165, 1.54) is 43.3 Å². The standard InChI is InChI=1S/C19H16ClF2NO3/c1-12(19(25)23-11-14-2-6-15(21)7-3-14)26-18(24)9-5-13-4-8-17(22)16(20)10-13/h2-10,12H,11H2,1H3,(H,23,25)/b9-5+/t12-/m1/s1. The predicted octanol–water partition coefficient (Wildman–Crippen LogP) is 3.88. The van der Waals surface area contributed by atoms with E-state index in [1.807, 2.05) is 0 Å². The van der Waals surface area contributed by atoms with Gasteiger partial charge in [-0.3, -0.25) is 4.79 Å². The summed E-state index contributed by atoms with van der Waals surface area (Å²) in [4.78, 5) is 23.7. The molecule has 0 aliphatic carbocycles. The average molecular weight is 380 g/mol. The normalized spacial score (nSPS) is 12.0. The lowest BCUT2D eigenvalue weighted by molar-refractivity contribution is -0.150. The molecular weight excluding hydrogens is 364 g/mol. The number of ether oxygens (including phenoxy) is 1. The minimum atomic E-state index is -1.01. The largest absolute Gasteiger partial charge is 0.449 e. The molecule has 0 radical (unpaired) electrons. The van der Waals surface area contributed by atoms with Crippen molar-refractivity contribution in [3.63, 3.8) is 0 Å². The van der Waals surface area contributed by atoms with Gasteiger partial charge in [-0.25, -0.2) is 13.6 Å². The van der Waals surface area contributed by atoms with Gasteiger partial charge in [-0.1, -0.05) is 29.8 Å². The lowest BCUT2D eigenvalue weighted by atomic mass is 10.2. The number of hydrogen-bond acceptors (Lipinski definition) is 3. The molecule has 0 heterocycles. The van der Waals surface area contributed by atoms with Crippen LogP contribution in [-0.4, -0.2) is 18.0 Å². The fraction of sp³-hybridized carbons (Fsp3) is 0.158. The van der Waals surface area contributed by atoms with Crippen LogP contribution in [0, 0.1) is 11.6 Å². The first-order valence-electron chi connectivity index (χ1n) is 7.71. The Kier molecular flexibility index (Phi) is 6.86. The first-order valence-corrected chi connectivity index (χ1v) is 8.09. The molecule has 0 spiro atoms. The second kappa shape index (κ2) is 9.10. The van der Waals surface area contributed by atoms with Gasteiger partial charge in [0.2, 0.25) is 0 Å². The van der Waals surface area contributed by atoms with E-state index in [2.05, 4.69) is 5.32 Å². The number of nitrogens with one attached hydrogen (secondary N) is 1. The topological polar surface area (TPSA) is 55.4 Å². The number of esters is 1. The van der Waals surface area contributed by atoms with Crippen molar-refractivity contribution in [2.45, 2.75) is 19.6 Å². The summed E-state index contributed by atoms with van der Waals surface area (Å²) in [5.74, 6) is -2.13. The Hall–Kier alpha value is -2.73. The number of hydrogen-bond donors (Lipinski definition) is 1. The first kappa shape index (κ1) is 19.6. The molecule has 0 aliphatic rings. The third-order valence-corrected chi connectivity index (χ3v) is 3.69. The molecule has 7 heteroatoms. The van der Waals surface area contributed by atoms with E-state index >= 15 is 0 Å². The van der Waals surface area contributed by atoms with Crippen LogP contribution in [-0.2, 0) is 20.9 Å². The van der Waals surface area contributed by atoms with Crippen molar-refractivity contribution in [1.82, 2.24) is 5.32 Å². The molecule has 2 rings (SSSR count). The smallest absolute Gasteiger partial charge is 0.331 e. The van der Waals surface area contributed by atoms with E-state index in [-0.39, 0.29) is 17.4 Å². The summed E-state index contributed by atoms with van der Waals surface area (Å²) >= 11 is 5.65. The average Bonchev–Trinajstić information content (AvgIpc) is 2.62. The van der Waals surface area contributed by atoms with Crippen molar-refractivity contribution in [2.24, 2.45) is 0 Å². The molecule has 0 bridgehead atoms. The van der Waals surface area contributed by atoms with Crippen LogP contribution in [0.25, 0.3) is 6.08 Å². The highest BCUT2D eigenvalue weighted by molar-refractivity contribution is 6.30. The highest BCUT2D eigenvalue weighted by atomic mass is 35.5. The van der Waals surface area contributed by atoms with Gasteiger partial charge in [-0.15, -0.1) is 0 Å². The monoisotopic (exact) mass is 379 g/mol. The molecule has 1 amide bonds. The summed E-state index contributed by atoms with van der Waals surface area (Å²) in [6.45, 7) is 1.62. The number of carbonyl (C=O) groups is 2. The number of rotatable bonds is 6. The van der Waals surface area contributed by atoms with Crippen LogP contribution in [0.1, 0.15) is 18.1 Å². The number of carbonyl (C=O) groups excluding carboxylic acids is 2. The summed E-state index contributed by atoms with van der Waals surface area (Å²) in [5, 5.41) is 2.53. The van der Waals surface area contributed by atoms with E-state index in [4.69, 9.17) is 16.3 Å². The Morgan fingerprint density at radius 3 is 2.54 bits per heavy atom. The minimum absolute atomic E-state index is 0.0611. The van der Waals surface area contributed by atoms with Gasteiger partial charge in [0.15, 0.2) is 6.10 Å². The quantitative estimate of drug-likeness (QED) is 0.612. The maximum absolute atomic E-state index is 13.1. The van der Waals surface area contributed by atoms with Crippen molar-refractivity contribution in [3.8, 4) is 0 Å². The Labute approximate surface area is 154 Å². The van der Waals surface area contributed by atoms with Gasteiger partial charge in [0.1, 0.15) is 11.6 Å². The highest BCUT2D eigenvalue weighted by Crippen LogP contribution is 2.16. The molecule has 2 aromatic rings. The van der Waals surface area contributed by atoms with Crippen LogP contribution >= 0.6 is 11.6 Å². The van der Waals surface area contributed by atoms with Crippen LogP contribution in [0.5, 0.6) is 0 Å². The third kappa shape index (κ3) is 5.97. The lowest BCUT2D eigenvalue weighted by Gasteiger charge is -2.12. The molecular formula is C19H16ClF2NO3. The molecule has 0 aliphatic heterocycles. The van der Waals surface area contributed by atoms with Gasteiger partial charge in [0, 0.05) is 12.6 Å². The van der Waals surface area contributed by atoms with Crippen LogP contribution < -0.4 is 5.32 Å². The lowest BCUT2D eigenvalue weighted by Crippen LogP contribution is -2.35. The van der Waals surface area contributed by atoms with Crippen LogP contribution in [0.15, 0.2) is 48.5 Å². The summed E-state index contributed by atoms with van der Waals surface area (Å²) in [5.41, 5.74) is 1.23. The molecule has 26 heavy (non-hydrogen) atoms. The molecule has 136 valence electrons. The van der Waals surface area contributed by atoms with Crippen LogP contribution in [0.4, 0.5) is 8.78 Å². The zero-order valence-electron chi connectivity index (χ0n) is 13.8. The van der Waals surface area contributed by atoms with Crippen molar-refractivity contribution in [2.75, 3.05) is 0 Å². The van der Waals surface area contributed by atoms with E-state index in [1.54, 1.807) is 12.1 Å². The highest BCUT2D eigenvalue weighted by Gasteiger charge is 2.16. The Bertz CT molecular complexity index is 822. The number of amides is 1. The second-order valence-corrected chi connectivity index (χ2v) is 5.84. The first-order chi connectivity index (χ1) is 12.3. The summed E-state index contributed by atoms with van der Waals surface area (Å²) in [6, 6.07) is 9.66. The van der Waals surface area contributed by atoms with E-state index in [0.29, 0.717) is 11.1 Å². The van der Waals surface area contributed by atoms with Gasteiger partial charge in [-0.2, -0.15) is 0 Å². The fourth-order valence-electron chi connectivity index (χ4n) is 1.98. The summed E-state index contributed by atoms with van der Waals surface area (Å²) < 4.78 is 30.9. The van der Waals surface area contributed by atoms with E-state index in [9.17, 15) is 18.4 Å². The predicted molar refractivity (Wildman–Crippen MR) is 94.2 cm³/mol. The molecule has 0 aromatic heterocycles. The Morgan fingerprint density at radius 2 is 1.88 bits per heavy atom. The van der Waals surface area contributed by atoms with Crippen molar-refractivity contribution in [1.29, 1.82) is 0 Å². The van der Waals surface area contributed by atoms with Crippen molar-refractivity contribution < 1.29 is 23.1 Å². The van der Waals surface area contributed by atoms with E-state index < -0.39 is 23.8 Å². The zero-order valence-corrected chi connectivity index (χ0v) is 14.6. The maximum atomic E-state index is 13.1. The van der Waals surface area contributed by atoms with Gasteiger partial charge < -0.3 is 10.1 Å². The van der Waals surface area contributed by atoms with Gasteiger partial charge >= 0.3 is 5.97 Å².